The highest BCUT2D eigenvalue weighted by Crippen LogP contribution is 2.32. The second-order valence-electron chi connectivity index (χ2n) is 5.36. The molecule has 1 heterocycles. The highest BCUT2D eigenvalue weighted by atomic mass is 16.5. The highest BCUT2D eigenvalue weighted by molar-refractivity contribution is 5.36. The summed E-state index contributed by atoms with van der Waals surface area (Å²) in [6, 6.07) is 7.04. The fourth-order valence-electron chi connectivity index (χ4n) is 2.94. The van der Waals surface area contributed by atoms with E-state index in [1.54, 1.807) is 0 Å². The van der Waals surface area contributed by atoms with Gasteiger partial charge in [-0.3, -0.25) is 0 Å². The molecule has 2 unspecified atom stereocenters. The molecule has 0 saturated carbocycles. The molecular weight excluding hydrogens is 222 g/mol. The quantitative estimate of drug-likeness (QED) is 0.861. The first kappa shape index (κ1) is 13.6. The van der Waals surface area contributed by atoms with Crippen LogP contribution in [0.15, 0.2) is 18.2 Å². The van der Waals surface area contributed by atoms with Gasteiger partial charge in [0, 0.05) is 18.6 Å². The normalized spacial score (nSPS) is 21.2. The Kier molecular flexibility index (Phi) is 4.79. The van der Waals surface area contributed by atoms with Crippen molar-refractivity contribution in [3.05, 3.63) is 34.9 Å². The first-order valence-electron chi connectivity index (χ1n) is 7.11. The lowest BCUT2D eigenvalue weighted by Crippen LogP contribution is -2.30. The summed E-state index contributed by atoms with van der Waals surface area (Å²) >= 11 is 0. The van der Waals surface area contributed by atoms with Gasteiger partial charge in [0.25, 0.3) is 0 Å². The van der Waals surface area contributed by atoms with Crippen molar-refractivity contribution in [1.82, 2.24) is 5.32 Å². The number of hydrogen-bond donors (Lipinski definition) is 1. The van der Waals surface area contributed by atoms with E-state index in [0.29, 0.717) is 12.0 Å². The van der Waals surface area contributed by atoms with Gasteiger partial charge in [-0.2, -0.15) is 0 Å². The van der Waals surface area contributed by atoms with Gasteiger partial charge in [0.1, 0.15) is 0 Å². The van der Waals surface area contributed by atoms with Crippen LogP contribution >= 0.6 is 0 Å². The van der Waals surface area contributed by atoms with Crippen molar-refractivity contribution in [3.8, 4) is 0 Å². The van der Waals surface area contributed by atoms with Crippen molar-refractivity contribution in [3.63, 3.8) is 0 Å². The Bertz CT molecular complexity index is 362. The second-order valence-corrected chi connectivity index (χ2v) is 5.36. The smallest absolute Gasteiger partial charge is 0.0513 e. The second kappa shape index (κ2) is 6.35. The molecule has 1 aromatic carbocycles. The summed E-state index contributed by atoms with van der Waals surface area (Å²) in [7, 11) is 0. The van der Waals surface area contributed by atoms with Crippen LogP contribution in [0.3, 0.4) is 0 Å². The van der Waals surface area contributed by atoms with Crippen molar-refractivity contribution in [2.75, 3.05) is 19.8 Å². The van der Waals surface area contributed by atoms with Crippen LogP contribution in [0, 0.1) is 19.8 Å². The number of ether oxygens (including phenoxy) is 1. The summed E-state index contributed by atoms with van der Waals surface area (Å²) in [6.07, 6.45) is 2.35. The maximum absolute atomic E-state index is 5.58. The van der Waals surface area contributed by atoms with Gasteiger partial charge in [0.2, 0.25) is 0 Å². The highest BCUT2D eigenvalue weighted by Gasteiger charge is 2.28. The maximum Gasteiger partial charge on any atom is 0.0513 e. The topological polar surface area (TPSA) is 21.3 Å². The summed E-state index contributed by atoms with van der Waals surface area (Å²) in [4.78, 5) is 0. The van der Waals surface area contributed by atoms with Crippen LogP contribution in [0.1, 0.15) is 42.5 Å². The van der Waals surface area contributed by atoms with Crippen LogP contribution in [0.25, 0.3) is 0 Å². The lowest BCUT2D eigenvalue weighted by Gasteiger charge is -2.27. The van der Waals surface area contributed by atoms with E-state index in [9.17, 15) is 0 Å². The number of nitrogens with one attached hydrogen (secondary N) is 1. The third-order valence-electron chi connectivity index (χ3n) is 3.90. The van der Waals surface area contributed by atoms with Crippen LogP contribution in [0.2, 0.25) is 0 Å². The van der Waals surface area contributed by atoms with E-state index in [2.05, 4.69) is 44.3 Å². The summed E-state index contributed by atoms with van der Waals surface area (Å²) < 4.78 is 5.58. The predicted molar refractivity (Wildman–Crippen MR) is 75.9 cm³/mol. The number of hydrogen-bond acceptors (Lipinski definition) is 2. The number of rotatable bonds is 5. The average molecular weight is 247 g/mol. The summed E-state index contributed by atoms with van der Waals surface area (Å²) in [5, 5.41) is 3.73. The van der Waals surface area contributed by atoms with Crippen molar-refractivity contribution >= 4 is 0 Å². The Morgan fingerprint density at radius 3 is 2.61 bits per heavy atom. The lowest BCUT2D eigenvalue weighted by atomic mass is 9.87. The zero-order valence-corrected chi connectivity index (χ0v) is 11.8. The van der Waals surface area contributed by atoms with E-state index in [0.717, 1.165) is 19.8 Å². The Morgan fingerprint density at radius 1 is 1.33 bits per heavy atom. The molecule has 100 valence electrons. The molecule has 1 aliphatic heterocycles. The molecular formula is C16H25NO. The Balaban J connectivity index is 2.26. The monoisotopic (exact) mass is 247 g/mol. The molecule has 1 saturated heterocycles. The van der Waals surface area contributed by atoms with Crippen LogP contribution in [0.5, 0.6) is 0 Å². The van der Waals surface area contributed by atoms with E-state index in [4.69, 9.17) is 4.74 Å². The molecule has 2 heteroatoms. The predicted octanol–water partition coefficient (Wildman–Crippen LogP) is 3.38. The molecule has 1 aromatic rings. The molecule has 0 radical (unpaired) electrons. The van der Waals surface area contributed by atoms with Gasteiger partial charge in [-0.25, -0.2) is 0 Å². The number of benzene rings is 1. The maximum atomic E-state index is 5.58. The van der Waals surface area contributed by atoms with Crippen molar-refractivity contribution in [2.45, 2.75) is 39.7 Å². The van der Waals surface area contributed by atoms with Gasteiger partial charge in [0.05, 0.1) is 6.61 Å². The zero-order chi connectivity index (χ0) is 13.0. The molecule has 18 heavy (non-hydrogen) atoms. The summed E-state index contributed by atoms with van der Waals surface area (Å²) in [5.41, 5.74) is 4.28. The molecule has 0 aliphatic carbocycles. The largest absolute Gasteiger partial charge is 0.381 e. The summed E-state index contributed by atoms with van der Waals surface area (Å²) in [6.45, 7) is 9.56. The summed E-state index contributed by atoms with van der Waals surface area (Å²) in [5.74, 6) is 0.622. The zero-order valence-electron chi connectivity index (χ0n) is 11.8. The SMILES string of the molecule is CCCNC(c1c(C)cccc1C)C1CCOC1. The third-order valence-corrected chi connectivity index (χ3v) is 3.90. The third kappa shape index (κ3) is 2.93. The molecule has 2 atom stereocenters. The van der Waals surface area contributed by atoms with Gasteiger partial charge in [-0.15, -0.1) is 0 Å². The van der Waals surface area contributed by atoms with E-state index in [1.165, 1.54) is 29.5 Å². The van der Waals surface area contributed by atoms with Crippen molar-refractivity contribution in [2.24, 2.45) is 5.92 Å². The van der Waals surface area contributed by atoms with Crippen LogP contribution in [-0.4, -0.2) is 19.8 Å². The van der Waals surface area contributed by atoms with Gasteiger partial charge in [-0.05, 0) is 49.9 Å². The molecule has 2 rings (SSSR count). The Labute approximate surface area is 111 Å². The lowest BCUT2D eigenvalue weighted by molar-refractivity contribution is 0.176. The van der Waals surface area contributed by atoms with Crippen LogP contribution in [-0.2, 0) is 4.74 Å². The molecule has 1 aliphatic rings. The van der Waals surface area contributed by atoms with Gasteiger partial charge in [0.15, 0.2) is 0 Å². The van der Waals surface area contributed by atoms with Gasteiger partial charge >= 0.3 is 0 Å². The molecule has 0 aromatic heterocycles. The first-order chi connectivity index (χ1) is 8.74. The first-order valence-corrected chi connectivity index (χ1v) is 7.11. The standard InChI is InChI=1S/C16H25NO/c1-4-9-17-16(14-8-10-18-11-14)15-12(2)6-5-7-13(15)3/h5-7,14,16-17H,4,8-11H2,1-3H3. The van der Waals surface area contributed by atoms with E-state index in [-0.39, 0.29) is 0 Å². The Hall–Kier alpha value is -0.860. The minimum atomic E-state index is 0.452. The molecule has 1 fully saturated rings. The van der Waals surface area contributed by atoms with Crippen LogP contribution in [0.4, 0.5) is 0 Å². The molecule has 0 spiro atoms. The van der Waals surface area contributed by atoms with E-state index >= 15 is 0 Å². The molecule has 0 amide bonds. The van der Waals surface area contributed by atoms with Crippen LogP contribution < -0.4 is 5.32 Å². The minimum Gasteiger partial charge on any atom is -0.381 e. The fraction of sp³-hybridized carbons (Fsp3) is 0.625. The molecule has 2 nitrogen and oxygen atoms in total. The molecule has 0 bridgehead atoms. The van der Waals surface area contributed by atoms with Crippen molar-refractivity contribution in [1.29, 1.82) is 0 Å². The van der Waals surface area contributed by atoms with E-state index in [1.807, 2.05) is 0 Å². The minimum absolute atomic E-state index is 0.452. The Morgan fingerprint density at radius 2 is 2.06 bits per heavy atom. The number of aryl methyl sites for hydroxylation is 2. The molecule has 1 N–H and O–H groups in total. The average Bonchev–Trinajstić information content (AvgIpc) is 2.86. The van der Waals surface area contributed by atoms with Gasteiger partial charge < -0.3 is 10.1 Å². The van der Waals surface area contributed by atoms with Gasteiger partial charge in [-0.1, -0.05) is 25.1 Å². The van der Waals surface area contributed by atoms with Crippen molar-refractivity contribution < 1.29 is 4.74 Å². The fourth-order valence-corrected chi connectivity index (χ4v) is 2.94. The van der Waals surface area contributed by atoms with E-state index < -0.39 is 0 Å².